The van der Waals surface area contributed by atoms with Gasteiger partial charge in [0.15, 0.2) is 0 Å². The highest BCUT2D eigenvalue weighted by atomic mass is 32.2. The van der Waals surface area contributed by atoms with Gasteiger partial charge in [-0.05, 0) is 44.0 Å². The van der Waals surface area contributed by atoms with Gasteiger partial charge < -0.3 is 10.2 Å². The van der Waals surface area contributed by atoms with Gasteiger partial charge in [0.05, 0.1) is 16.3 Å². The normalized spacial score (nSPS) is 21.2. The fourth-order valence-electron chi connectivity index (χ4n) is 4.82. The van der Waals surface area contributed by atoms with Crippen molar-refractivity contribution in [3.05, 3.63) is 18.2 Å². The van der Waals surface area contributed by atoms with Crippen LogP contribution in [0.4, 0.5) is 0 Å². The summed E-state index contributed by atoms with van der Waals surface area (Å²) < 4.78 is 29.9. The van der Waals surface area contributed by atoms with Crippen LogP contribution < -0.4 is 5.32 Å². The highest BCUT2D eigenvalue weighted by molar-refractivity contribution is 7.89. The minimum absolute atomic E-state index is 0.0509. The molecule has 2 saturated heterocycles. The predicted molar refractivity (Wildman–Crippen MR) is 131 cm³/mol. The highest BCUT2D eigenvalue weighted by Gasteiger charge is 2.33. The smallest absolute Gasteiger partial charge is 0.243 e. The molecule has 34 heavy (non-hydrogen) atoms. The van der Waals surface area contributed by atoms with Crippen molar-refractivity contribution in [2.24, 2.45) is 5.92 Å². The third kappa shape index (κ3) is 5.59. The summed E-state index contributed by atoms with van der Waals surface area (Å²) in [5.41, 5.74) is 1.40. The van der Waals surface area contributed by atoms with Gasteiger partial charge in [-0.25, -0.2) is 13.1 Å². The van der Waals surface area contributed by atoms with E-state index in [0.29, 0.717) is 31.4 Å². The van der Waals surface area contributed by atoms with Crippen LogP contribution in [0.1, 0.15) is 33.1 Å². The number of carbonyl (C=O) groups is 1. The van der Waals surface area contributed by atoms with Crippen LogP contribution in [-0.2, 0) is 21.4 Å². The number of sulfonamides is 1. The lowest BCUT2D eigenvalue weighted by atomic mass is 9.99. The molecule has 0 bridgehead atoms. The molecular formula is C23H37N7O3S. The third-order valence-electron chi connectivity index (χ3n) is 6.95. The van der Waals surface area contributed by atoms with E-state index in [1.165, 1.54) is 4.31 Å². The maximum Gasteiger partial charge on any atom is 0.243 e. The Morgan fingerprint density at radius 2 is 1.85 bits per heavy atom. The van der Waals surface area contributed by atoms with Gasteiger partial charge in [0.1, 0.15) is 5.52 Å². The Bertz CT molecular complexity index is 1080. The van der Waals surface area contributed by atoms with E-state index in [9.17, 15) is 13.2 Å². The van der Waals surface area contributed by atoms with Gasteiger partial charge in [-0.2, -0.15) is 4.31 Å². The molecule has 4 rings (SSSR count). The van der Waals surface area contributed by atoms with Crippen LogP contribution in [0.25, 0.3) is 11.0 Å². The molecule has 0 spiro atoms. The van der Waals surface area contributed by atoms with E-state index in [0.717, 1.165) is 57.8 Å². The van der Waals surface area contributed by atoms with Crippen LogP contribution >= 0.6 is 0 Å². The quantitative estimate of drug-likeness (QED) is 0.558. The zero-order chi connectivity index (χ0) is 24.1. The van der Waals surface area contributed by atoms with Crippen molar-refractivity contribution in [2.75, 3.05) is 58.9 Å². The molecule has 0 saturated carbocycles. The zero-order valence-corrected chi connectivity index (χ0v) is 21.1. The third-order valence-corrected chi connectivity index (χ3v) is 8.81. The van der Waals surface area contributed by atoms with Crippen molar-refractivity contribution in [1.82, 2.24) is 34.4 Å². The van der Waals surface area contributed by atoms with E-state index in [4.69, 9.17) is 0 Å². The van der Waals surface area contributed by atoms with E-state index in [1.54, 1.807) is 22.9 Å². The van der Waals surface area contributed by atoms with E-state index < -0.39 is 10.0 Å². The molecule has 1 amide bonds. The molecule has 1 unspecified atom stereocenters. The van der Waals surface area contributed by atoms with Crippen LogP contribution in [0.15, 0.2) is 23.1 Å². The Morgan fingerprint density at radius 1 is 1.09 bits per heavy atom. The Labute approximate surface area is 202 Å². The number of benzene rings is 1. The van der Waals surface area contributed by atoms with E-state index in [-0.39, 0.29) is 23.3 Å². The van der Waals surface area contributed by atoms with Gasteiger partial charge in [-0.1, -0.05) is 19.1 Å². The van der Waals surface area contributed by atoms with Gasteiger partial charge in [-0.3, -0.25) is 9.69 Å². The number of hydrogen-bond donors (Lipinski definition) is 1. The molecule has 2 aliphatic heterocycles. The number of fused-ring (bicyclic) bond motifs is 1. The van der Waals surface area contributed by atoms with Crippen LogP contribution in [0.2, 0.25) is 0 Å². The molecule has 10 nitrogen and oxygen atoms in total. The number of likely N-dealkylation sites (N-methyl/N-ethyl adjacent to an activating group) is 1. The molecule has 1 N–H and O–H groups in total. The summed E-state index contributed by atoms with van der Waals surface area (Å²) in [7, 11) is -3.70. The number of nitrogens with one attached hydrogen (secondary N) is 1. The number of nitrogens with zero attached hydrogens (tertiary/aromatic N) is 6. The summed E-state index contributed by atoms with van der Waals surface area (Å²) in [5, 5.41) is 11.3. The fraction of sp³-hybridized carbons (Fsp3) is 0.696. The Hall–Kier alpha value is -2.08. The predicted octanol–water partition coefficient (Wildman–Crippen LogP) is 0.996. The van der Waals surface area contributed by atoms with Gasteiger partial charge in [0.2, 0.25) is 15.9 Å². The van der Waals surface area contributed by atoms with Crippen LogP contribution in [0, 0.1) is 5.92 Å². The zero-order valence-electron chi connectivity index (χ0n) is 20.3. The lowest BCUT2D eigenvalue weighted by Gasteiger charge is -2.34. The molecule has 1 aromatic heterocycles. The van der Waals surface area contributed by atoms with Crippen LogP contribution in [0.5, 0.6) is 0 Å². The second kappa shape index (κ2) is 11.1. The Morgan fingerprint density at radius 3 is 2.59 bits per heavy atom. The first-order chi connectivity index (χ1) is 16.4. The molecular weight excluding hydrogens is 454 g/mol. The Kier molecular flexibility index (Phi) is 8.18. The second-order valence-corrected chi connectivity index (χ2v) is 11.2. The fourth-order valence-corrected chi connectivity index (χ4v) is 6.37. The maximum atomic E-state index is 13.3. The summed E-state index contributed by atoms with van der Waals surface area (Å²) in [4.78, 5) is 17.8. The first-order valence-corrected chi connectivity index (χ1v) is 13.9. The SMILES string of the molecule is CCCn1nnc2cc(S(=O)(=O)N3CCCC(C(=O)NCCN4CCN(CC)CC4)C3)ccc21. The summed E-state index contributed by atoms with van der Waals surface area (Å²) in [6, 6.07) is 4.98. The van der Waals surface area contributed by atoms with E-state index in [1.807, 2.05) is 0 Å². The highest BCUT2D eigenvalue weighted by Crippen LogP contribution is 2.26. The minimum atomic E-state index is -3.70. The van der Waals surface area contributed by atoms with Crippen molar-refractivity contribution in [1.29, 1.82) is 0 Å². The van der Waals surface area contributed by atoms with Crippen LogP contribution in [-0.4, -0.2) is 102 Å². The van der Waals surface area contributed by atoms with Crippen molar-refractivity contribution < 1.29 is 13.2 Å². The number of piperazine rings is 1. The van der Waals surface area contributed by atoms with Gasteiger partial charge in [0, 0.05) is 58.9 Å². The minimum Gasteiger partial charge on any atom is -0.355 e. The van der Waals surface area contributed by atoms with E-state index in [2.05, 4.69) is 39.3 Å². The number of amides is 1. The van der Waals surface area contributed by atoms with Gasteiger partial charge >= 0.3 is 0 Å². The number of rotatable bonds is 9. The average molecular weight is 492 g/mol. The largest absolute Gasteiger partial charge is 0.355 e. The molecule has 1 aromatic carbocycles. The number of hydrogen-bond acceptors (Lipinski definition) is 7. The maximum absolute atomic E-state index is 13.3. The van der Waals surface area contributed by atoms with Crippen molar-refractivity contribution >= 4 is 27.0 Å². The molecule has 0 radical (unpaired) electrons. The molecule has 3 heterocycles. The first kappa shape index (κ1) is 25.0. The molecule has 1 atom stereocenters. The second-order valence-electron chi connectivity index (χ2n) is 9.23. The van der Waals surface area contributed by atoms with E-state index >= 15 is 0 Å². The molecule has 2 aromatic rings. The van der Waals surface area contributed by atoms with Gasteiger partial charge in [0.25, 0.3) is 0 Å². The standard InChI is InChI=1S/C23H37N7O3S/c1-3-10-30-22-8-7-20(17-21(22)25-26-30)34(32,33)29-11-5-6-19(18-29)23(31)24-9-12-28-15-13-27(4-2)14-16-28/h7-8,17,19H,3-6,9-16,18H2,1-2H3,(H,24,31). The van der Waals surface area contributed by atoms with Gasteiger partial charge in [-0.15, -0.1) is 5.10 Å². The topological polar surface area (TPSA) is 104 Å². The first-order valence-electron chi connectivity index (χ1n) is 12.5. The Balaban J connectivity index is 1.33. The lowest BCUT2D eigenvalue weighted by molar-refractivity contribution is -0.126. The molecule has 11 heteroatoms. The molecule has 0 aliphatic carbocycles. The summed E-state index contributed by atoms with van der Waals surface area (Å²) in [6.07, 6.45) is 2.30. The summed E-state index contributed by atoms with van der Waals surface area (Å²) in [6.45, 7) is 12.3. The monoisotopic (exact) mass is 491 g/mol. The molecule has 2 fully saturated rings. The van der Waals surface area contributed by atoms with Crippen molar-refractivity contribution in [2.45, 2.75) is 44.6 Å². The van der Waals surface area contributed by atoms with Crippen LogP contribution in [0.3, 0.4) is 0 Å². The number of piperidine rings is 1. The van der Waals surface area contributed by atoms with Crippen molar-refractivity contribution in [3.63, 3.8) is 0 Å². The summed E-state index contributed by atoms with van der Waals surface area (Å²) >= 11 is 0. The number of aryl methyl sites for hydroxylation is 1. The molecule has 2 aliphatic rings. The molecule has 188 valence electrons. The summed E-state index contributed by atoms with van der Waals surface area (Å²) in [5.74, 6) is -0.375. The lowest BCUT2D eigenvalue weighted by Crippen LogP contribution is -2.49. The van der Waals surface area contributed by atoms with Crippen molar-refractivity contribution in [3.8, 4) is 0 Å². The number of carbonyl (C=O) groups excluding carboxylic acids is 1. The number of aromatic nitrogens is 3. The average Bonchev–Trinajstić information content (AvgIpc) is 3.27.